The van der Waals surface area contributed by atoms with E-state index < -0.39 is 38.8 Å². The number of alkyl halides is 3. The fourth-order valence-electron chi connectivity index (χ4n) is 6.69. The highest BCUT2D eigenvalue weighted by molar-refractivity contribution is 7.89. The maximum Gasteiger partial charge on any atom is 0.307 e. The van der Waals surface area contributed by atoms with Gasteiger partial charge in [-0.2, -0.15) is 4.31 Å². The first-order valence-corrected chi connectivity index (χ1v) is 15.3. The number of carboxylic acid groups (broad SMARTS) is 1. The molecule has 0 amide bonds. The first kappa shape index (κ1) is 27.6. The first-order chi connectivity index (χ1) is 16.5. The van der Waals surface area contributed by atoms with Gasteiger partial charge in [0.15, 0.2) is 0 Å². The summed E-state index contributed by atoms with van der Waals surface area (Å²) < 4.78 is 43.8. The van der Waals surface area contributed by atoms with Crippen LogP contribution >= 0.6 is 23.2 Å². The lowest BCUT2D eigenvalue weighted by Gasteiger charge is -2.47. The molecule has 2 aliphatic carbocycles. The van der Waals surface area contributed by atoms with Gasteiger partial charge >= 0.3 is 5.97 Å². The van der Waals surface area contributed by atoms with Crippen LogP contribution in [0.1, 0.15) is 58.8 Å². The minimum Gasteiger partial charge on any atom is -0.481 e. The van der Waals surface area contributed by atoms with Crippen LogP contribution in [0.2, 0.25) is 0 Å². The first-order valence-electron chi connectivity index (χ1n) is 12.9. The van der Waals surface area contributed by atoms with E-state index in [1.807, 2.05) is 13.8 Å². The summed E-state index contributed by atoms with van der Waals surface area (Å²) in [4.78, 5) is 11.9. The van der Waals surface area contributed by atoms with Crippen LogP contribution in [-0.2, 0) is 14.8 Å². The Bertz CT molecular complexity index is 912. The van der Waals surface area contributed by atoms with Crippen molar-refractivity contribution in [3.63, 3.8) is 0 Å². The van der Waals surface area contributed by atoms with E-state index >= 15 is 0 Å². The number of fused-ring (bicyclic) bond motifs is 1. The van der Waals surface area contributed by atoms with Crippen LogP contribution in [0.15, 0.2) is 11.6 Å². The molecule has 2 N–H and O–H groups in total. The smallest absolute Gasteiger partial charge is 0.307 e. The molecule has 0 spiro atoms. The second-order valence-electron chi connectivity index (χ2n) is 10.8. The third-order valence-corrected chi connectivity index (χ3v) is 11.9. The van der Waals surface area contributed by atoms with Gasteiger partial charge in [0.05, 0.1) is 5.92 Å². The molecular weight excluding hydrogens is 516 g/mol. The zero-order valence-corrected chi connectivity index (χ0v) is 22.8. The predicted octanol–water partition coefficient (Wildman–Crippen LogP) is 3.97. The second-order valence-corrected chi connectivity index (χ2v) is 13.9. The Kier molecular flexibility index (Phi) is 8.76. The molecule has 2 aliphatic heterocycles. The van der Waals surface area contributed by atoms with Gasteiger partial charge in [0.25, 0.3) is 0 Å². The standard InChI is InChI=1S/C24H38Cl2FN3O4S/c1-3-29-13-21(23(26)28-29)35(33,34)30-12-17(24(31)32)11-16-8-7-15(10-20(16)30)9-14(2)22-18(25)5-4-6-19(22)27/h9,15-23,28H,3-8,10-13H2,1-2H3,(H,31,32)/b14-9+. The van der Waals surface area contributed by atoms with Crippen LogP contribution in [0.3, 0.4) is 0 Å². The number of carboxylic acids is 1. The monoisotopic (exact) mass is 553 g/mol. The molecule has 0 aromatic carbocycles. The van der Waals surface area contributed by atoms with E-state index in [0.717, 1.165) is 31.3 Å². The Morgan fingerprint density at radius 1 is 1.17 bits per heavy atom. The van der Waals surface area contributed by atoms with E-state index in [2.05, 4.69) is 11.5 Å². The van der Waals surface area contributed by atoms with Gasteiger partial charge in [0.1, 0.15) is 16.9 Å². The topological polar surface area (TPSA) is 90.0 Å². The Hall–Kier alpha value is -0.450. The molecule has 35 heavy (non-hydrogen) atoms. The van der Waals surface area contributed by atoms with E-state index in [9.17, 15) is 22.7 Å². The molecule has 9 unspecified atom stereocenters. The van der Waals surface area contributed by atoms with Gasteiger partial charge in [-0.1, -0.05) is 18.6 Å². The third-order valence-electron chi connectivity index (χ3n) is 8.59. The molecule has 4 aliphatic rings. The van der Waals surface area contributed by atoms with Crippen LogP contribution in [0.5, 0.6) is 0 Å². The minimum atomic E-state index is -3.85. The lowest BCUT2D eigenvalue weighted by molar-refractivity contribution is -0.144. The van der Waals surface area contributed by atoms with Gasteiger partial charge in [0.2, 0.25) is 10.0 Å². The zero-order valence-electron chi connectivity index (χ0n) is 20.5. The van der Waals surface area contributed by atoms with Gasteiger partial charge in [-0.25, -0.2) is 23.2 Å². The predicted molar refractivity (Wildman–Crippen MR) is 135 cm³/mol. The van der Waals surface area contributed by atoms with Crippen LogP contribution in [-0.4, -0.2) is 76.8 Å². The van der Waals surface area contributed by atoms with E-state index in [4.69, 9.17) is 23.2 Å². The van der Waals surface area contributed by atoms with E-state index in [0.29, 0.717) is 25.8 Å². The molecule has 11 heteroatoms. The van der Waals surface area contributed by atoms with Crippen molar-refractivity contribution in [2.45, 2.75) is 87.1 Å². The molecule has 200 valence electrons. The van der Waals surface area contributed by atoms with Gasteiger partial charge in [-0.05, 0) is 63.7 Å². The molecule has 0 aromatic rings. The summed E-state index contributed by atoms with van der Waals surface area (Å²) in [5.74, 6) is -1.89. The Balaban J connectivity index is 1.57. The summed E-state index contributed by atoms with van der Waals surface area (Å²) in [5, 5.41) is 10.5. The van der Waals surface area contributed by atoms with Crippen molar-refractivity contribution in [2.24, 2.45) is 23.7 Å². The highest BCUT2D eigenvalue weighted by Crippen LogP contribution is 2.44. The van der Waals surface area contributed by atoms with Crippen molar-refractivity contribution in [3.8, 4) is 0 Å². The Morgan fingerprint density at radius 3 is 2.54 bits per heavy atom. The van der Waals surface area contributed by atoms with Crippen molar-refractivity contribution in [1.29, 1.82) is 0 Å². The van der Waals surface area contributed by atoms with Crippen LogP contribution < -0.4 is 5.43 Å². The summed E-state index contributed by atoms with van der Waals surface area (Å²) in [7, 11) is -3.85. The molecule has 4 fully saturated rings. The SMILES string of the molecule is CCN1CC(S(=O)(=O)N2CC(C(=O)O)CC3CCC(/C=C(\C)C4C(F)CCCC4Cl)CC32)C(Cl)N1. The maximum atomic E-state index is 14.7. The molecular formula is C24H38Cl2FN3O4S. The van der Waals surface area contributed by atoms with E-state index in [1.165, 1.54) is 4.31 Å². The number of halogens is 3. The van der Waals surface area contributed by atoms with Crippen LogP contribution in [0, 0.1) is 23.7 Å². The van der Waals surface area contributed by atoms with Crippen molar-refractivity contribution in [3.05, 3.63) is 11.6 Å². The average Bonchev–Trinajstić information content (AvgIpc) is 3.19. The number of allylic oxidation sites excluding steroid dienone is 2. The summed E-state index contributed by atoms with van der Waals surface area (Å²) in [6.07, 6.45) is 5.97. The fourth-order valence-corrected chi connectivity index (χ4v) is 9.91. The van der Waals surface area contributed by atoms with Gasteiger partial charge in [0, 0.05) is 37.0 Å². The maximum absolute atomic E-state index is 14.7. The van der Waals surface area contributed by atoms with Crippen molar-refractivity contribution in [2.75, 3.05) is 19.6 Å². The molecule has 0 bridgehead atoms. The highest BCUT2D eigenvalue weighted by atomic mass is 35.5. The molecule has 2 heterocycles. The normalized spacial score (nSPS) is 42.1. The molecule has 0 radical (unpaired) electrons. The van der Waals surface area contributed by atoms with E-state index in [-0.39, 0.29) is 42.3 Å². The minimum absolute atomic E-state index is 0.0145. The number of sulfonamides is 1. The van der Waals surface area contributed by atoms with Gasteiger partial charge < -0.3 is 5.11 Å². The number of aliphatic carboxylic acids is 1. The molecule has 0 aromatic heterocycles. The molecule has 2 saturated carbocycles. The van der Waals surface area contributed by atoms with Crippen LogP contribution in [0.25, 0.3) is 0 Å². The number of nitrogens with one attached hydrogen (secondary N) is 1. The van der Waals surface area contributed by atoms with Crippen molar-refractivity contribution in [1.82, 2.24) is 14.7 Å². The molecule has 9 atom stereocenters. The average molecular weight is 555 g/mol. The Morgan fingerprint density at radius 2 is 1.91 bits per heavy atom. The number of hydrazine groups is 1. The Labute approximate surface area is 218 Å². The molecule has 7 nitrogen and oxygen atoms in total. The number of rotatable bonds is 6. The second kappa shape index (κ2) is 11.1. The zero-order chi connectivity index (χ0) is 25.5. The summed E-state index contributed by atoms with van der Waals surface area (Å²) in [6.45, 7) is 4.71. The molecule has 4 rings (SSSR count). The lowest BCUT2D eigenvalue weighted by Crippen LogP contribution is -2.58. The summed E-state index contributed by atoms with van der Waals surface area (Å²) >= 11 is 12.9. The lowest BCUT2D eigenvalue weighted by atomic mass is 9.71. The number of nitrogens with zero attached hydrogens (tertiary/aromatic N) is 2. The van der Waals surface area contributed by atoms with E-state index in [1.54, 1.807) is 5.01 Å². The third kappa shape index (κ3) is 5.70. The van der Waals surface area contributed by atoms with Gasteiger partial charge in [-0.3, -0.25) is 4.79 Å². The number of hydrogen-bond acceptors (Lipinski definition) is 5. The number of piperidine rings is 1. The van der Waals surface area contributed by atoms with Gasteiger partial charge in [-0.15, -0.1) is 23.2 Å². The number of hydrogen-bond donors (Lipinski definition) is 2. The summed E-state index contributed by atoms with van der Waals surface area (Å²) in [5.41, 5.74) is 3.19. The summed E-state index contributed by atoms with van der Waals surface area (Å²) in [6, 6.07) is -0.280. The molecule has 2 saturated heterocycles. The van der Waals surface area contributed by atoms with Crippen molar-refractivity contribution < 1.29 is 22.7 Å². The fraction of sp³-hybridized carbons (Fsp3) is 0.875. The highest BCUT2D eigenvalue weighted by Gasteiger charge is 2.51. The number of carbonyl (C=O) groups is 1. The van der Waals surface area contributed by atoms with Crippen LogP contribution in [0.4, 0.5) is 4.39 Å². The van der Waals surface area contributed by atoms with Crippen molar-refractivity contribution >= 4 is 39.2 Å². The largest absolute Gasteiger partial charge is 0.481 e. The quantitative estimate of drug-likeness (QED) is 0.294.